The Kier molecular flexibility index (Phi) is 3.84. The summed E-state index contributed by atoms with van der Waals surface area (Å²) in [7, 11) is 3.78. The molecule has 3 aromatic heterocycles. The minimum atomic E-state index is 0.562. The number of aryl methyl sites for hydroxylation is 4. The third-order valence-corrected chi connectivity index (χ3v) is 5.04. The molecule has 5 rings (SSSR count). The zero-order valence-electron chi connectivity index (χ0n) is 16.6. The number of hydrogen-bond acceptors (Lipinski definition) is 5. The van der Waals surface area contributed by atoms with Gasteiger partial charge < -0.3 is 13.9 Å². The number of aromatic nitrogens is 4. The molecule has 0 spiro atoms. The second-order valence-electron chi connectivity index (χ2n) is 7.12. The molecule has 0 aliphatic rings. The SMILES string of the molecule is Cc1cc(Oc2ccc3oc4ccc(Oc5cc(C)n(C)n5)cc4c3c2)nn1C. The Labute approximate surface area is 167 Å². The third-order valence-electron chi connectivity index (χ3n) is 5.04. The second kappa shape index (κ2) is 6.41. The van der Waals surface area contributed by atoms with Crippen molar-refractivity contribution in [2.45, 2.75) is 13.8 Å². The van der Waals surface area contributed by atoms with Crippen molar-refractivity contribution in [3.8, 4) is 23.3 Å². The average Bonchev–Trinajstić information content (AvgIpc) is 3.30. The lowest BCUT2D eigenvalue weighted by Crippen LogP contribution is -1.92. The summed E-state index contributed by atoms with van der Waals surface area (Å²) >= 11 is 0. The smallest absolute Gasteiger partial charge is 0.238 e. The van der Waals surface area contributed by atoms with Crippen LogP contribution in [-0.2, 0) is 14.1 Å². The van der Waals surface area contributed by atoms with Crippen LogP contribution in [-0.4, -0.2) is 19.6 Å². The summed E-state index contributed by atoms with van der Waals surface area (Å²) in [6, 6.07) is 15.3. The van der Waals surface area contributed by atoms with Gasteiger partial charge in [0.05, 0.1) is 0 Å². The van der Waals surface area contributed by atoms with Gasteiger partial charge in [0, 0.05) is 48.4 Å². The van der Waals surface area contributed by atoms with Gasteiger partial charge in [-0.25, -0.2) is 0 Å². The van der Waals surface area contributed by atoms with E-state index in [1.54, 1.807) is 9.36 Å². The van der Waals surface area contributed by atoms with Crippen molar-refractivity contribution in [3.63, 3.8) is 0 Å². The molecule has 0 N–H and O–H groups in total. The summed E-state index contributed by atoms with van der Waals surface area (Å²) < 4.78 is 21.4. The number of hydrogen-bond donors (Lipinski definition) is 0. The fraction of sp³-hybridized carbons (Fsp3) is 0.182. The normalized spacial score (nSPS) is 11.4. The summed E-state index contributed by atoms with van der Waals surface area (Å²) in [6.45, 7) is 3.97. The first-order chi connectivity index (χ1) is 14.0. The molecule has 29 heavy (non-hydrogen) atoms. The molecule has 0 saturated carbocycles. The fourth-order valence-electron chi connectivity index (χ4n) is 3.26. The Morgan fingerprint density at radius 3 is 1.52 bits per heavy atom. The molecular formula is C22H20N4O3. The van der Waals surface area contributed by atoms with Gasteiger partial charge in [-0.3, -0.25) is 9.36 Å². The van der Waals surface area contributed by atoms with Gasteiger partial charge in [-0.2, -0.15) is 0 Å². The van der Waals surface area contributed by atoms with E-state index in [1.165, 1.54) is 0 Å². The summed E-state index contributed by atoms with van der Waals surface area (Å²) in [5.74, 6) is 2.52. The zero-order valence-corrected chi connectivity index (χ0v) is 16.6. The van der Waals surface area contributed by atoms with E-state index < -0.39 is 0 Å². The maximum atomic E-state index is 5.96. The van der Waals surface area contributed by atoms with Crippen LogP contribution in [0.15, 0.2) is 52.9 Å². The van der Waals surface area contributed by atoms with E-state index in [0.717, 1.165) is 33.3 Å². The maximum Gasteiger partial charge on any atom is 0.238 e. The minimum absolute atomic E-state index is 0.562. The highest BCUT2D eigenvalue weighted by molar-refractivity contribution is 6.05. The lowest BCUT2D eigenvalue weighted by atomic mass is 10.1. The van der Waals surface area contributed by atoms with Crippen LogP contribution >= 0.6 is 0 Å². The first kappa shape index (κ1) is 17.4. The number of rotatable bonds is 4. The lowest BCUT2D eigenvalue weighted by Gasteiger charge is -2.03. The molecule has 0 unspecified atom stereocenters. The average molecular weight is 388 g/mol. The van der Waals surface area contributed by atoms with E-state index in [0.29, 0.717) is 23.3 Å². The lowest BCUT2D eigenvalue weighted by molar-refractivity contribution is 0.454. The number of fused-ring (bicyclic) bond motifs is 3. The number of furan rings is 1. The van der Waals surface area contributed by atoms with Gasteiger partial charge in [-0.1, -0.05) is 0 Å². The summed E-state index contributed by atoms with van der Waals surface area (Å²) in [6.07, 6.45) is 0. The van der Waals surface area contributed by atoms with Gasteiger partial charge in [0.2, 0.25) is 11.8 Å². The molecule has 0 aliphatic heterocycles. The Balaban J connectivity index is 1.52. The third kappa shape index (κ3) is 3.10. The molecule has 5 aromatic rings. The van der Waals surface area contributed by atoms with Gasteiger partial charge >= 0.3 is 0 Å². The topological polar surface area (TPSA) is 67.2 Å². The van der Waals surface area contributed by atoms with Crippen molar-refractivity contribution in [2.24, 2.45) is 14.1 Å². The molecule has 3 heterocycles. The number of nitrogens with zero attached hydrogens (tertiary/aromatic N) is 4. The summed E-state index contributed by atoms with van der Waals surface area (Å²) in [4.78, 5) is 0. The first-order valence-electron chi connectivity index (χ1n) is 9.29. The van der Waals surface area contributed by atoms with Crippen LogP contribution in [0.2, 0.25) is 0 Å². The summed E-state index contributed by atoms with van der Waals surface area (Å²) in [5, 5.41) is 10.6. The van der Waals surface area contributed by atoms with Crippen LogP contribution in [0.25, 0.3) is 21.9 Å². The highest BCUT2D eigenvalue weighted by Crippen LogP contribution is 2.35. The second-order valence-corrected chi connectivity index (χ2v) is 7.12. The standard InChI is InChI=1S/C22H20N4O3/c1-13-9-21(23-25(13)3)27-15-5-7-19-17(11-15)18-12-16(6-8-20(18)29-19)28-22-10-14(2)26(4)24-22/h5-12H,1-4H3. The monoisotopic (exact) mass is 388 g/mol. The molecule has 0 aliphatic carbocycles. The van der Waals surface area contributed by atoms with Crippen molar-refractivity contribution < 1.29 is 13.9 Å². The van der Waals surface area contributed by atoms with Gasteiger partial charge in [0.1, 0.15) is 22.7 Å². The Morgan fingerprint density at radius 2 is 1.14 bits per heavy atom. The Hall–Kier alpha value is -3.74. The fourth-order valence-corrected chi connectivity index (χ4v) is 3.26. The summed E-state index contributed by atoms with van der Waals surface area (Å²) in [5.41, 5.74) is 3.63. The maximum absolute atomic E-state index is 5.96. The van der Waals surface area contributed by atoms with E-state index >= 15 is 0 Å². The predicted octanol–water partition coefficient (Wildman–Crippen LogP) is 5.25. The molecule has 2 aromatic carbocycles. The van der Waals surface area contributed by atoms with Crippen LogP contribution < -0.4 is 9.47 Å². The Morgan fingerprint density at radius 1 is 0.690 bits per heavy atom. The van der Waals surface area contributed by atoms with Crippen LogP contribution in [0.5, 0.6) is 23.3 Å². The van der Waals surface area contributed by atoms with E-state index in [-0.39, 0.29) is 0 Å². The highest BCUT2D eigenvalue weighted by Gasteiger charge is 2.12. The molecule has 0 fully saturated rings. The van der Waals surface area contributed by atoms with Gasteiger partial charge in [0.15, 0.2) is 0 Å². The molecule has 146 valence electrons. The molecule has 7 heteroatoms. The first-order valence-corrected chi connectivity index (χ1v) is 9.29. The largest absolute Gasteiger partial charge is 0.456 e. The van der Waals surface area contributed by atoms with Gasteiger partial charge in [0.25, 0.3) is 0 Å². The molecule has 0 amide bonds. The highest BCUT2D eigenvalue weighted by atomic mass is 16.5. The van der Waals surface area contributed by atoms with Crippen molar-refractivity contribution in [2.75, 3.05) is 0 Å². The van der Waals surface area contributed by atoms with Gasteiger partial charge in [-0.15, -0.1) is 10.2 Å². The van der Waals surface area contributed by atoms with E-state index in [1.807, 2.05) is 76.5 Å². The van der Waals surface area contributed by atoms with Gasteiger partial charge in [-0.05, 0) is 50.2 Å². The van der Waals surface area contributed by atoms with Crippen LogP contribution in [0.3, 0.4) is 0 Å². The number of ether oxygens (including phenoxy) is 2. The van der Waals surface area contributed by atoms with Crippen LogP contribution in [0.1, 0.15) is 11.4 Å². The zero-order chi connectivity index (χ0) is 20.1. The molecule has 7 nitrogen and oxygen atoms in total. The predicted molar refractivity (Wildman–Crippen MR) is 110 cm³/mol. The van der Waals surface area contributed by atoms with E-state index in [9.17, 15) is 0 Å². The Bertz CT molecular complexity index is 1220. The quantitative estimate of drug-likeness (QED) is 0.420. The van der Waals surface area contributed by atoms with Crippen LogP contribution in [0.4, 0.5) is 0 Å². The molecule has 0 saturated heterocycles. The van der Waals surface area contributed by atoms with Crippen molar-refractivity contribution >= 4 is 21.9 Å². The molecule has 0 bridgehead atoms. The molecule has 0 radical (unpaired) electrons. The number of benzene rings is 2. The minimum Gasteiger partial charge on any atom is -0.456 e. The van der Waals surface area contributed by atoms with Crippen molar-refractivity contribution in [3.05, 3.63) is 59.9 Å². The molecule has 0 atom stereocenters. The van der Waals surface area contributed by atoms with E-state index in [2.05, 4.69) is 10.2 Å². The van der Waals surface area contributed by atoms with Crippen LogP contribution in [0, 0.1) is 13.8 Å². The van der Waals surface area contributed by atoms with E-state index in [4.69, 9.17) is 13.9 Å². The van der Waals surface area contributed by atoms with Crippen molar-refractivity contribution in [1.29, 1.82) is 0 Å². The van der Waals surface area contributed by atoms with Crippen molar-refractivity contribution in [1.82, 2.24) is 19.6 Å². The molecular weight excluding hydrogens is 368 g/mol.